The lowest BCUT2D eigenvalue weighted by atomic mass is 9.95. The number of carbonyl (C=O) groups is 1. The highest BCUT2D eigenvalue weighted by atomic mass is 127. The predicted molar refractivity (Wildman–Crippen MR) is 139 cm³/mol. The zero-order valence-electron chi connectivity index (χ0n) is 20.4. The number of ether oxygens (including phenoxy) is 1. The average Bonchev–Trinajstić information content (AvgIpc) is 2.69. The fraction of sp³-hybridized carbons (Fsp3) is 0.913. The van der Waals surface area contributed by atoms with Crippen LogP contribution in [0.1, 0.15) is 73.1 Å². The molecule has 182 valence electrons. The third kappa shape index (κ3) is 11.1. The molecule has 31 heavy (non-hydrogen) atoms. The van der Waals surface area contributed by atoms with E-state index in [1.165, 1.54) is 38.9 Å². The van der Waals surface area contributed by atoms with Crippen LogP contribution in [0.25, 0.3) is 0 Å². The molecular weight excluding hydrogens is 505 g/mol. The van der Waals surface area contributed by atoms with Crippen molar-refractivity contribution >= 4 is 36.0 Å². The van der Waals surface area contributed by atoms with Gasteiger partial charge in [0, 0.05) is 45.3 Å². The highest BCUT2D eigenvalue weighted by molar-refractivity contribution is 14.0. The molecule has 8 heteroatoms. The van der Waals surface area contributed by atoms with Gasteiger partial charge in [0.1, 0.15) is 5.60 Å². The van der Waals surface area contributed by atoms with Gasteiger partial charge in [-0.15, -0.1) is 24.0 Å². The molecule has 0 radical (unpaired) electrons. The summed E-state index contributed by atoms with van der Waals surface area (Å²) in [5, 5.41) is 7.04. The molecule has 1 amide bonds. The molecule has 7 nitrogen and oxygen atoms in total. The number of nitrogens with one attached hydrogen (secondary N) is 2. The van der Waals surface area contributed by atoms with Crippen molar-refractivity contribution in [3.63, 3.8) is 0 Å². The topological polar surface area (TPSA) is 69.2 Å². The van der Waals surface area contributed by atoms with Crippen LogP contribution in [0.15, 0.2) is 4.99 Å². The van der Waals surface area contributed by atoms with Gasteiger partial charge >= 0.3 is 6.09 Å². The van der Waals surface area contributed by atoms with Crippen LogP contribution in [0.2, 0.25) is 0 Å². The molecule has 0 aromatic heterocycles. The van der Waals surface area contributed by atoms with Gasteiger partial charge < -0.3 is 25.2 Å². The first-order valence-corrected chi connectivity index (χ1v) is 12.1. The van der Waals surface area contributed by atoms with E-state index in [2.05, 4.69) is 29.4 Å². The number of piperidine rings is 2. The van der Waals surface area contributed by atoms with Crippen LogP contribution >= 0.6 is 24.0 Å². The summed E-state index contributed by atoms with van der Waals surface area (Å²) in [5.41, 5.74) is -0.437. The molecule has 0 aromatic carbocycles. The Morgan fingerprint density at radius 2 is 1.84 bits per heavy atom. The summed E-state index contributed by atoms with van der Waals surface area (Å²) in [7, 11) is 0. The summed E-state index contributed by atoms with van der Waals surface area (Å²) in [6, 6.07) is 0.508. The van der Waals surface area contributed by atoms with Crippen LogP contribution in [0.3, 0.4) is 0 Å². The normalized spacial score (nSPS) is 21.4. The minimum absolute atomic E-state index is 0. The first kappa shape index (κ1) is 28.3. The van der Waals surface area contributed by atoms with Gasteiger partial charge in [0.2, 0.25) is 0 Å². The zero-order chi connectivity index (χ0) is 22.0. The van der Waals surface area contributed by atoms with E-state index in [0.717, 1.165) is 51.4 Å². The van der Waals surface area contributed by atoms with Crippen molar-refractivity contribution in [1.82, 2.24) is 20.4 Å². The van der Waals surface area contributed by atoms with E-state index in [-0.39, 0.29) is 30.1 Å². The molecule has 0 aliphatic carbocycles. The molecule has 2 aliphatic heterocycles. The van der Waals surface area contributed by atoms with E-state index < -0.39 is 5.60 Å². The molecule has 0 aromatic rings. The number of guanidine groups is 1. The van der Waals surface area contributed by atoms with Crippen molar-refractivity contribution in [2.24, 2.45) is 10.9 Å². The van der Waals surface area contributed by atoms with Crippen molar-refractivity contribution < 1.29 is 9.53 Å². The fourth-order valence-electron chi connectivity index (χ4n) is 4.28. The maximum atomic E-state index is 12.4. The first-order chi connectivity index (χ1) is 14.3. The molecule has 2 saturated heterocycles. The lowest BCUT2D eigenvalue weighted by molar-refractivity contribution is 0.0163. The van der Waals surface area contributed by atoms with E-state index in [4.69, 9.17) is 9.73 Å². The van der Waals surface area contributed by atoms with Crippen LogP contribution in [0.5, 0.6) is 0 Å². The standard InChI is InChI=1S/C23H45N5O2.HI/c1-6-14-27-16-11-20(12-17-27)26-21(24-7-2)25-13-10-19-9-8-15-28(18-19)22(29)30-23(3,4)5;/h19-20H,6-18H2,1-5H3,(H2,24,25,26);1H. The van der Waals surface area contributed by atoms with Crippen LogP contribution < -0.4 is 10.6 Å². The Hall–Kier alpha value is -0.770. The van der Waals surface area contributed by atoms with Gasteiger partial charge in [0.05, 0.1) is 0 Å². The Kier molecular flexibility index (Phi) is 13.1. The van der Waals surface area contributed by atoms with E-state index in [0.29, 0.717) is 12.0 Å². The lowest BCUT2D eigenvalue weighted by Gasteiger charge is -2.34. The summed E-state index contributed by atoms with van der Waals surface area (Å²) in [4.78, 5) is 21.6. The minimum atomic E-state index is -0.437. The highest BCUT2D eigenvalue weighted by Crippen LogP contribution is 2.21. The van der Waals surface area contributed by atoms with Gasteiger partial charge in [-0.1, -0.05) is 6.92 Å². The second kappa shape index (κ2) is 14.4. The van der Waals surface area contributed by atoms with E-state index in [9.17, 15) is 4.79 Å². The van der Waals surface area contributed by atoms with Gasteiger partial charge in [-0.05, 0) is 78.7 Å². The molecule has 2 fully saturated rings. The first-order valence-electron chi connectivity index (χ1n) is 12.1. The molecule has 2 aliphatic rings. The largest absolute Gasteiger partial charge is 0.444 e. The smallest absolute Gasteiger partial charge is 0.410 e. The van der Waals surface area contributed by atoms with Crippen LogP contribution in [-0.4, -0.2) is 79.3 Å². The Morgan fingerprint density at radius 1 is 1.13 bits per heavy atom. The third-order valence-electron chi connectivity index (χ3n) is 5.79. The number of rotatable bonds is 7. The van der Waals surface area contributed by atoms with Gasteiger partial charge in [-0.2, -0.15) is 0 Å². The average molecular weight is 552 g/mol. The summed E-state index contributed by atoms with van der Waals surface area (Å²) < 4.78 is 5.54. The Bertz CT molecular complexity index is 545. The quantitative estimate of drug-likeness (QED) is 0.284. The molecule has 2 heterocycles. The summed E-state index contributed by atoms with van der Waals surface area (Å²) in [5.74, 6) is 1.43. The molecule has 1 atom stereocenters. The number of likely N-dealkylation sites (tertiary alicyclic amines) is 2. The van der Waals surface area contributed by atoms with Gasteiger partial charge in [0.15, 0.2) is 5.96 Å². The lowest BCUT2D eigenvalue weighted by Crippen LogP contribution is -2.48. The maximum absolute atomic E-state index is 12.4. The second-order valence-electron chi connectivity index (χ2n) is 9.74. The third-order valence-corrected chi connectivity index (χ3v) is 5.79. The van der Waals surface area contributed by atoms with Crippen molar-refractivity contribution in [3.8, 4) is 0 Å². The molecule has 0 saturated carbocycles. The van der Waals surface area contributed by atoms with Crippen molar-refractivity contribution in [2.45, 2.75) is 84.8 Å². The highest BCUT2D eigenvalue weighted by Gasteiger charge is 2.27. The Morgan fingerprint density at radius 3 is 2.45 bits per heavy atom. The minimum Gasteiger partial charge on any atom is -0.444 e. The molecule has 1 unspecified atom stereocenters. The molecule has 2 rings (SSSR count). The predicted octanol–water partition coefficient (Wildman–Crippen LogP) is 4.07. The summed E-state index contributed by atoms with van der Waals surface area (Å²) in [6.45, 7) is 16.9. The zero-order valence-corrected chi connectivity index (χ0v) is 22.7. The van der Waals surface area contributed by atoms with E-state index >= 15 is 0 Å². The molecule has 0 spiro atoms. The molecule has 2 N–H and O–H groups in total. The number of hydrogen-bond acceptors (Lipinski definition) is 4. The van der Waals surface area contributed by atoms with Crippen molar-refractivity contribution in [1.29, 1.82) is 0 Å². The molecular formula is C23H46IN5O2. The van der Waals surface area contributed by atoms with Gasteiger partial charge in [-0.25, -0.2) is 4.79 Å². The number of halogens is 1. The number of carbonyl (C=O) groups excluding carboxylic acids is 1. The number of aliphatic imine (C=N–C) groups is 1. The van der Waals surface area contributed by atoms with E-state index in [1.807, 2.05) is 25.7 Å². The number of nitrogens with zero attached hydrogens (tertiary/aromatic N) is 3. The second-order valence-corrected chi connectivity index (χ2v) is 9.74. The maximum Gasteiger partial charge on any atom is 0.410 e. The van der Waals surface area contributed by atoms with E-state index in [1.54, 1.807) is 0 Å². The Balaban J connectivity index is 0.00000480. The summed E-state index contributed by atoms with van der Waals surface area (Å²) in [6.07, 6.45) is 6.62. The number of amides is 1. The monoisotopic (exact) mass is 551 g/mol. The van der Waals surface area contributed by atoms with Crippen LogP contribution in [-0.2, 0) is 4.74 Å². The van der Waals surface area contributed by atoms with Gasteiger partial charge in [0.25, 0.3) is 0 Å². The summed E-state index contributed by atoms with van der Waals surface area (Å²) >= 11 is 0. The SMILES string of the molecule is CCCN1CCC(NC(=NCCC2CCCN(C(=O)OC(C)(C)C)C2)NCC)CC1.I. The Labute approximate surface area is 207 Å². The van der Waals surface area contributed by atoms with Crippen LogP contribution in [0, 0.1) is 5.92 Å². The van der Waals surface area contributed by atoms with Crippen molar-refractivity contribution in [2.75, 3.05) is 45.8 Å². The van der Waals surface area contributed by atoms with Crippen molar-refractivity contribution in [3.05, 3.63) is 0 Å². The molecule has 0 bridgehead atoms. The number of hydrogen-bond donors (Lipinski definition) is 2. The van der Waals surface area contributed by atoms with Crippen LogP contribution in [0.4, 0.5) is 4.79 Å². The van der Waals surface area contributed by atoms with Gasteiger partial charge in [-0.3, -0.25) is 4.99 Å². The fourth-order valence-corrected chi connectivity index (χ4v) is 4.28.